The molecular weight excluding hydrogens is 294 g/mol. The molecule has 1 heterocycles. The van der Waals surface area contributed by atoms with Gasteiger partial charge in [0, 0.05) is 22.2 Å². The summed E-state index contributed by atoms with van der Waals surface area (Å²) in [7, 11) is -3.16. The Hall–Kier alpha value is -1.37. The van der Waals surface area contributed by atoms with E-state index in [1.54, 1.807) is 43.5 Å². The highest BCUT2D eigenvalue weighted by Crippen LogP contribution is 2.28. The Kier molecular flexibility index (Phi) is 4.47. The molecule has 0 saturated carbocycles. The van der Waals surface area contributed by atoms with Crippen molar-refractivity contribution >= 4 is 21.6 Å². The standard InChI is InChI=1S/C14H15NO3S2/c1-10(16)14-8-5-12(9-15-14)19-11-3-6-13(7-4-11)20(2,17)18/h3-10,16H,1-2H3/t10-/m1/s1. The Bertz CT molecular complexity index is 677. The molecule has 0 amide bonds. The van der Waals surface area contributed by atoms with Crippen molar-refractivity contribution in [3.05, 3.63) is 48.3 Å². The SMILES string of the molecule is C[C@@H](O)c1ccc(Sc2ccc(S(C)(=O)=O)cc2)cn1. The summed E-state index contributed by atoms with van der Waals surface area (Å²) < 4.78 is 22.7. The number of aromatic nitrogens is 1. The number of hydrogen-bond acceptors (Lipinski definition) is 5. The quantitative estimate of drug-likeness (QED) is 0.940. The van der Waals surface area contributed by atoms with Crippen molar-refractivity contribution in [3.8, 4) is 0 Å². The maximum Gasteiger partial charge on any atom is 0.175 e. The van der Waals surface area contributed by atoms with Crippen LogP contribution in [0.4, 0.5) is 0 Å². The van der Waals surface area contributed by atoms with Crippen LogP contribution < -0.4 is 0 Å². The Morgan fingerprint density at radius 1 is 1.10 bits per heavy atom. The Morgan fingerprint density at radius 2 is 1.70 bits per heavy atom. The van der Waals surface area contributed by atoms with Crippen LogP contribution >= 0.6 is 11.8 Å². The van der Waals surface area contributed by atoms with Gasteiger partial charge in [-0.1, -0.05) is 11.8 Å². The molecule has 1 atom stereocenters. The van der Waals surface area contributed by atoms with Gasteiger partial charge < -0.3 is 5.11 Å². The summed E-state index contributed by atoms with van der Waals surface area (Å²) in [5, 5.41) is 9.38. The molecular formula is C14H15NO3S2. The van der Waals surface area contributed by atoms with Crippen LogP contribution in [-0.2, 0) is 9.84 Å². The molecule has 2 aromatic rings. The highest BCUT2D eigenvalue weighted by Gasteiger charge is 2.07. The van der Waals surface area contributed by atoms with E-state index >= 15 is 0 Å². The number of pyridine rings is 1. The Balaban J connectivity index is 2.14. The molecule has 4 nitrogen and oxygen atoms in total. The van der Waals surface area contributed by atoms with Crippen molar-refractivity contribution in [1.29, 1.82) is 0 Å². The first kappa shape index (κ1) is 15.0. The van der Waals surface area contributed by atoms with Crippen LogP contribution in [0.15, 0.2) is 57.3 Å². The number of aliphatic hydroxyl groups is 1. The molecule has 1 aromatic carbocycles. The molecule has 0 saturated heterocycles. The summed E-state index contributed by atoms with van der Waals surface area (Å²) in [5.41, 5.74) is 0.627. The first-order chi connectivity index (χ1) is 9.36. The van der Waals surface area contributed by atoms with Gasteiger partial charge in [0.15, 0.2) is 9.84 Å². The smallest absolute Gasteiger partial charge is 0.175 e. The van der Waals surface area contributed by atoms with E-state index in [2.05, 4.69) is 4.98 Å². The molecule has 20 heavy (non-hydrogen) atoms. The van der Waals surface area contributed by atoms with Gasteiger partial charge in [-0.15, -0.1) is 0 Å². The van der Waals surface area contributed by atoms with E-state index in [0.29, 0.717) is 10.6 Å². The third-order valence-corrected chi connectivity index (χ3v) is 4.79. The normalized spacial score (nSPS) is 13.2. The van der Waals surface area contributed by atoms with E-state index < -0.39 is 15.9 Å². The lowest BCUT2D eigenvalue weighted by molar-refractivity contribution is 0.194. The van der Waals surface area contributed by atoms with Gasteiger partial charge in [0.25, 0.3) is 0 Å². The molecule has 1 N–H and O–H groups in total. The molecule has 2 rings (SSSR count). The molecule has 0 aliphatic heterocycles. The van der Waals surface area contributed by atoms with Crippen LogP contribution in [0.1, 0.15) is 18.7 Å². The molecule has 0 aliphatic carbocycles. The Morgan fingerprint density at radius 3 is 2.15 bits per heavy atom. The van der Waals surface area contributed by atoms with Crippen molar-refractivity contribution in [3.63, 3.8) is 0 Å². The lowest BCUT2D eigenvalue weighted by Gasteiger charge is -2.06. The van der Waals surface area contributed by atoms with E-state index in [-0.39, 0.29) is 0 Å². The van der Waals surface area contributed by atoms with Gasteiger partial charge in [-0.25, -0.2) is 8.42 Å². The summed E-state index contributed by atoms with van der Waals surface area (Å²) >= 11 is 1.49. The minimum Gasteiger partial charge on any atom is -0.387 e. The third kappa shape index (κ3) is 3.82. The van der Waals surface area contributed by atoms with Crippen molar-refractivity contribution in [2.45, 2.75) is 27.7 Å². The zero-order valence-corrected chi connectivity index (χ0v) is 12.8. The molecule has 106 valence electrons. The van der Waals surface area contributed by atoms with Gasteiger partial charge in [0.05, 0.1) is 16.7 Å². The minimum atomic E-state index is -3.16. The molecule has 0 unspecified atom stereocenters. The fourth-order valence-corrected chi connectivity index (χ4v) is 3.01. The fourth-order valence-electron chi connectivity index (χ4n) is 1.59. The molecule has 0 aliphatic rings. The van der Waals surface area contributed by atoms with Gasteiger partial charge >= 0.3 is 0 Å². The van der Waals surface area contributed by atoms with Crippen molar-refractivity contribution in [2.24, 2.45) is 0 Å². The van der Waals surface area contributed by atoms with E-state index in [1.165, 1.54) is 18.0 Å². The first-order valence-corrected chi connectivity index (χ1v) is 8.69. The largest absolute Gasteiger partial charge is 0.387 e. The average Bonchev–Trinajstić information content (AvgIpc) is 2.39. The van der Waals surface area contributed by atoms with Crippen LogP contribution in [-0.4, -0.2) is 24.8 Å². The third-order valence-electron chi connectivity index (χ3n) is 2.67. The summed E-state index contributed by atoms with van der Waals surface area (Å²) in [6.07, 6.45) is 2.30. The lowest BCUT2D eigenvalue weighted by Crippen LogP contribution is -1.96. The molecule has 6 heteroatoms. The fraction of sp³-hybridized carbons (Fsp3) is 0.214. The van der Waals surface area contributed by atoms with E-state index in [4.69, 9.17) is 0 Å². The molecule has 0 spiro atoms. The highest BCUT2D eigenvalue weighted by atomic mass is 32.2. The van der Waals surface area contributed by atoms with Gasteiger partial charge in [0.1, 0.15) is 0 Å². The predicted octanol–water partition coefficient (Wildman–Crippen LogP) is 2.69. The second kappa shape index (κ2) is 5.95. The molecule has 1 aromatic heterocycles. The number of benzene rings is 1. The minimum absolute atomic E-state index is 0.310. The summed E-state index contributed by atoms with van der Waals surface area (Å²) in [6.45, 7) is 1.67. The average molecular weight is 309 g/mol. The van der Waals surface area contributed by atoms with Crippen molar-refractivity contribution in [1.82, 2.24) is 4.98 Å². The zero-order valence-electron chi connectivity index (χ0n) is 11.1. The Labute approximate surface area is 122 Å². The van der Waals surface area contributed by atoms with Gasteiger partial charge in [-0.3, -0.25) is 4.98 Å². The molecule has 0 bridgehead atoms. The number of sulfone groups is 1. The number of hydrogen-bond donors (Lipinski definition) is 1. The van der Waals surface area contributed by atoms with Crippen LogP contribution in [0.3, 0.4) is 0 Å². The second-order valence-electron chi connectivity index (χ2n) is 4.44. The summed E-state index contributed by atoms with van der Waals surface area (Å²) in [4.78, 5) is 6.34. The van der Waals surface area contributed by atoms with Crippen LogP contribution in [0.5, 0.6) is 0 Å². The maximum atomic E-state index is 11.4. The van der Waals surface area contributed by atoms with Crippen molar-refractivity contribution < 1.29 is 13.5 Å². The monoisotopic (exact) mass is 309 g/mol. The molecule has 0 fully saturated rings. The second-order valence-corrected chi connectivity index (χ2v) is 7.60. The number of rotatable bonds is 4. The zero-order chi connectivity index (χ0) is 14.8. The topological polar surface area (TPSA) is 67.3 Å². The number of aliphatic hydroxyl groups excluding tert-OH is 1. The van der Waals surface area contributed by atoms with Gasteiger partial charge in [-0.2, -0.15) is 0 Å². The highest BCUT2D eigenvalue weighted by molar-refractivity contribution is 7.99. The molecule has 0 radical (unpaired) electrons. The van der Waals surface area contributed by atoms with Gasteiger partial charge in [0.2, 0.25) is 0 Å². The van der Waals surface area contributed by atoms with E-state index in [0.717, 1.165) is 9.79 Å². The summed E-state index contributed by atoms with van der Waals surface area (Å²) in [6, 6.07) is 10.4. The van der Waals surface area contributed by atoms with Crippen LogP contribution in [0.2, 0.25) is 0 Å². The van der Waals surface area contributed by atoms with E-state index in [9.17, 15) is 13.5 Å². The van der Waals surface area contributed by atoms with E-state index in [1.807, 2.05) is 6.07 Å². The van der Waals surface area contributed by atoms with Crippen LogP contribution in [0.25, 0.3) is 0 Å². The van der Waals surface area contributed by atoms with Crippen molar-refractivity contribution in [2.75, 3.05) is 6.26 Å². The first-order valence-electron chi connectivity index (χ1n) is 5.98. The maximum absolute atomic E-state index is 11.4. The summed E-state index contributed by atoms with van der Waals surface area (Å²) in [5.74, 6) is 0. The van der Waals surface area contributed by atoms with Gasteiger partial charge in [-0.05, 0) is 43.3 Å². The predicted molar refractivity (Wildman–Crippen MR) is 78.5 cm³/mol. The van der Waals surface area contributed by atoms with Crippen LogP contribution in [0, 0.1) is 0 Å². The lowest BCUT2D eigenvalue weighted by atomic mass is 10.2. The number of nitrogens with zero attached hydrogens (tertiary/aromatic N) is 1.